The van der Waals surface area contributed by atoms with E-state index in [1.807, 2.05) is 11.3 Å². The summed E-state index contributed by atoms with van der Waals surface area (Å²) in [4.78, 5) is 0. The first kappa shape index (κ1) is 28.7. The highest BCUT2D eigenvalue weighted by molar-refractivity contribution is 7.26. The maximum Gasteiger partial charge on any atom is 0.0368 e. The van der Waals surface area contributed by atoms with Gasteiger partial charge in [0.05, 0.1) is 0 Å². The van der Waals surface area contributed by atoms with Crippen molar-refractivity contribution in [3.63, 3.8) is 0 Å². The van der Waals surface area contributed by atoms with Gasteiger partial charge in [0.1, 0.15) is 0 Å². The van der Waals surface area contributed by atoms with Gasteiger partial charge in [0.15, 0.2) is 0 Å². The molecule has 8 aromatic rings. The molecule has 2 aliphatic carbocycles. The van der Waals surface area contributed by atoms with Crippen molar-refractivity contribution in [2.24, 2.45) is 0 Å². The molecule has 1 heterocycles. The van der Waals surface area contributed by atoms with Crippen molar-refractivity contribution in [2.45, 2.75) is 40.5 Å². The fourth-order valence-corrected chi connectivity index (χ4v) is 10.1. The minimum atomic E-state index is 0.953. The van der Waals surface area contributed by atoms with Gasteiger partial charge in [0.2, 0.25) is 0 Å². The van der Waals surface area contributed by atoms with E-state index in [2.05, 4.69) is 149 Å². The van der Waals surface area contributed by atoms with Crippen LogP contribution in [0.1, 0.15) is 44.5 Å². The van der Waals surface area contributed by atoms with E-state index in [4.69, 9.17) is 0 Å². The van der Waals surface area contributed by atoms with Gasteiger partial charge in [-0.25, -0.2) is 0 Å². The van der Waals surface area contributed by atoms with Crippen LogP contribution in [0.15, 0.2) is 121 Å². The average Bonchev–Trinajstić information content (AvgIpc) is 3.80. The Balaban J connectivity index is 1.44. The first-order valence-corrected chi connectivity index (χ1v) is 18.3. The molecule has 0 fully saturated rings. The molecule has 0 atom stereocenters. The van der Waals surface area contributed by atoms with E-state index in [9.17, 15) is 0 Å². The molecular formula is C48H36S. The maximum atomic E-state index is 2.57. The van der Waals surface area contributed by atoms with E-state index >= 15 is 0 Å². The molecule has 2 aliphatic rings. The highest BCUT2D eigenvalue weighted by atomic mass is 32.1. The van der Waals surface area contributed by atoms with Crippen LogP contribution < -0.4 is 0 Å². The molecular weight excluding hydrogens is 609 g/mol. The number of hydrogen-bond donors (Lipinski definition) is 0. The lowest BCUT2D eigenvalue weighted by molar-refractivity contribution is 1.22. The van der Waals surface area contributed by atoms with Gasteiger partial charge < -0.3 is 0 Å². The lowest BCUT2D eigenvalue weighted by Crippen LogP contribution is -2.02. The monoisotopic (exact) mass is 644 g/mol. The normalized spacial score (nSPS) is 12.7. The number of hydrogen-bond acceptors (Lipinski definition) is 1. The van der Waals surface area contributed by atoms with Crippen LogP contribution in [0.25, 0.3) is 75.8 Å². The first-order chi connectivity index (χ1) is 24.0. The van der Waals surface area contributed by atoms with Gasteiger partial charge in [-0.05, 0) is 153 Å². The fraction of sp³-hybridized carbons (Fsp3) is 0.125. The first-order valence-electron chi connectivity index (χ1n) is 17.4. The van der Waals surface area contributed by atoms with Crippen molar-refractivity contribution in [1.29, 1.82) is 0 Å². The zero-order chi connectivity index (χ0) is 33.0. The summed E-state index contributed by atoms with van der Waals surface area (Å²) in [5, 5.41) is 2.72. The number of aryl methyl sites for hydroxylation is 2. The van der Waals surface area contributed by atoms with Gasteiger partial charge in [0, 0.05) is 20.2 Å². The third-order valence-corrected chi connectivity index (χ3v) is 12.6. The minimum Gasteiger partial charge on any atom is -0.135 e. The van der Waals surface area contributed by atoms with E-state index < -0.39 is 0 Å². The summed E-state index contributed by atoms with van der Waals surface area (Å²) in [6, 6.07) is 45.8. The van der Waals surface area contributed by atoms with Crippen molar-refractivity contribution in [3.05, 3.63) is 166 Å². The quantitative estimate of drug-likeness (QED) is 0.180. The van der Waals surface area contributed by atoms with Crippen LogP contribution in [-0.4, -0.2) is 0 Å². The third kappa shape index (κ3) is 4.09. The molecule has 10 rings (SSSR count). The molecule has 1 heteroatoms. The Morgan fingerprint density at radius 2 is 0.980 bits per heavy atom. The Morgan fingerprint density at radius 3 is 1.65 bits per heavy atom. The Bertz CT molecular complexity index is 2680. The van der Waals surface area contributed by atoms with Gasteiger partial charge >= 0.3 is 0 Å². The van der Waals surface area contributed by atoms with Gasteiger partial charge in [-0.2, -0.15) is 0 Å². The zero-order valence-corrected chi connectivity index (χ0v) is 29.2. The lowest BCUT2D eigenvalue weighted by atomic mass is 9.77. The molecule has 0 spiro atoms. The molecule has 0 N–H and O–H groups in total. The highest BCUT2D eigenvalue weighted by Crippen LogP contribution is 2.56. The van der Waals surface area contributed by atoms with Gasteiger partial charge in [-0.3, -0.25) is 0 Å². The summed E-state index contributed by atoms with van der Waals surface area (Å²) >= 11 is 1.94. The van der Waals surface area contributed by atoms with E-state index in [1.165, 1.54) is 120 Å². The Hall–Kier alpha value is -5.24. The van der Waals surface area contributed by atoms with Crippen molar-refractivity contribution in [3.8, 4) is 55.6 Å². The molecule has 0 bridgehead atoms. The van der Waals surface area contributed by atoms with Crippen molar-refractivity contribution >= 4 is 31.5 Å². The molecule has 0 saturated heterocycles. The average molecular weight is 645 g/mol. The van der Waals surface area contributed by atoms with Crippen LogP contribution in [0.2, 0.25) is 0 Å². The van der Waals surface area contributed by atoms with Crippen molar-refractivity contribution in [1.82, 2.24) is 0 Å². The molecule has 234 valence electrons. The molecule has 49 heavy (non-hydrogen) atoms. The van der Waals surface area contributed by atoms with Gasteiger partial charge in [0.25, 0.3) is 0 Å². The molecule has 0 unspecified atom stereocenters. The van der Waals surface area contributed by atoms with Crippen molar-refractivity contribution in [2.75, 3.05) is 0 Å². The predicted molar refractivity (Wildman–Crippen MR) is 211 cm³/mol. The summed E-state index contributed by atoms with van der Waals surface area (Å²) in [5.41, 5.74) is 25.1. The zero-order valence-electron chi connectivity index (χ0n) is 28.4. The summed E-state index contributed by atoms with van der Waals surface area (Å²) in [7, 11) is 0. The van der Waals surface area contributed by atoms with Crippen LogP contribution in [0, 0.1) is 27.7 Å². The summed E-state index contributed by atoms with van der Waals surface area (Å²) < 4.78 is 2.70. The summed E-state index contributed by atoms with van der Waals surface area (Å²) in [6.07, 6.45) is 1.91. The summed E-state index contributed by atoms with van der Waals surface area (Å²) in [6.45, 7) is 9.35. The Labute approximate surface area is 292 Å². The third-order valence-electron chi connectivity index (χ3n) is 11.5. The highest BCUT2D eigenvalue weighted by Gasteiger charge is 2.32. The molecule has 0 aliphatic heterocycles. The SMILES string of the molecule is Cc1cc2c(c(-c3cc4sc5ccccc5c4c(-c4ccccc4)c3-c3c(C)c(C)cc4c3Cc3ccccc3-4)c1C)Cc1ccccc1-2. The Kier molecular flexibility index (Phi) is 6.23. The van der Waals surface area contributed by atoms with Crippen LogP contribution >= 0.6 is 11.3 Å². The number of rotatable bonds is 3. The molecule has 7 aromatic carbocycles. The molecule has 0 amide bonds. The topological polar surface area (TPSA) is 0 Å². The second-order valence-electron chi connectivity index (χ2n) is 14.1. The molecule has 0 saturated carbocycles. The molecule has 0 radical (unpaired) electrons. The second-order valence-corrected chi connectivity index (χ2v) is 15.2. The van der Waals surface area contributed by atoms with Crippen molar-refractivity contribution < 1.29 is 0 Å². The largest absolute Gasteiger partial charge is 0.135 e. The van der Waals surface area contributed by atoms with E-state index in [0.717, 1.165) is 12.8 Å². The maximum absolute atomic E-state index is 2.57. The molecule has 0 nitrogen and oxygen atoms in total. The number of thiophene rings is 1. The smallest absolute Gasteiger partial charge is 0.0368 e. The van der Waals surface area contributed by atoms with Crippen LogP contribution in [0.3, 0.4) is 0 Å². The van der Waals surface area contributed by atoms with Crippen LogP contribution in [0.5, 0.6) is 0 Å². The van der Waals surface area contributed by atoms with E-state index in [1.54, 1.807) is 0 Å². The fourth-order valence-electron chi connectivity index (χ4n) is 8.98. The number of benzene rings is 7. The Morgan fingerprint density at radius 1 is 0.429 bits per heavy atom. The standard InChI is InChI=1S/C48H36S/c1-27-22-37-34-18-10-8-16-32(34)24-39(37)44(29(27)3)41-26-43-47(36-20-12-13-21-42(36)49-43)46(31-14-6-5-7-15-31)48(41)45-30(4)28(2)23-38-35-19-11-9-17-33(35)25-40(38)45/h5-23,26H,24-25H2,1-4H3. The lowest BCUT2D eigenvalue weighted by Gasteiger charge is -2.26. The van der Waals surface area contributed by atoms with Crippen LogP contribution in [0.4, 0.5) is 0 Å². The van der Waals surface area contributed by atoms with Gasteiger partial charge in [-0.15, -0.1) is 11.3 Å². The minimum absolute atomic E-state index is 0.953. The van der Waals surface area contributed by atoms with Crippen LogP contribution in [-0.2, 0) is 12.8 Å². The van der Waals surface area contributed by atoms with Gasteiger partial charge in [-0.1, -0.05) is 109 Å². The molecule has 1 aromatic heterocycles. The second kappa shape index (κ2) is 10.6. The van der Waals surface area contributed by atoms with E-state index in [0.29, 0.717) is 0 Å². The number of fused-ring (bicyclic) bond motifs is 9. The predicted octanol–water partition coefficient (Wildman–Crippen LogP) is 13.4. The summed E-state index contributed by atoms with van der Waals surface area (Å²) in [5.74, 6) is 0. The van der Waals surface area contributed by atoms with E-state index in [-0.39, 0.29) is 0 Å².